The molecule has 1 N–H and O–H groups in total. The average molecular weight is 279 g/mol. The minimum atomic E-state index is -0.889. The molecule has 2 aromatic rings. The molecule has 1 aromatic carbocycles. The van der Waals surface area contributed by atoms with Crippen LogP contribution in [0, 0.1) is 10.1 Å². The summed E-state index contributed by atoms with van der Waals surface area (Å²) in [5.41, 5.74) is 0.231. The number of nitro groups is 1. The van der Waals surface area contributed by atoms with Gasteiger partial charge >= 0.3 is 0 Å². The van der Waals surface area contributed by atoms with E-state index >= 15 is 0 Å². The van der Waals surface area contributed by atoms with Crippen molar-refractivity contribution in [1.29, 1.82) is 0 Å². The molecule has 0 radical (unpaired) electrons. The Morgan fingerprint density at radius 2 is 2.30 bits per heavy atom. The number of hydrogen-bond donors (Lipinski definition) is 1. The van der Waals surface area contributed by atoms with E-state index in [-0.39, 0.29) is 12.3 Å². The minimum absolute atomic E-state index is 0.0609. The molecule has 0 aliphatic rings. The first kappa shape index (κ1) is 13.9. The molecule has 0 fully saturated rings. The van der Waals surface area contributed by atoms with Gasteiger partial charge in [-0.2, -0.15) is 4.80 Å². The fraction of sp³-hybridized carbons (Fsp3) is 0.364. The molecule has 9 nitrogen and oxygen atoms in total. The van der Waals surface area contributed by atoms with Gasteiger partial charge in [0, 0.05) is 17.7 Å². The van der Waals surface area contributed by atoms with E-state index in [2.05, 4.69) is 15.4 Å². The minimum Gasteiger partial charge on any atom is -0.485 e. The third-order valence-electron chi connectivity index (χ3n) is 2.56. The smallest absolute Gasteiger partial charge is 0.270 e. The number of aliphatic hydroxyl groups is 1. The maximum absolute atomic E-state index is 10.7. The molecule has 0 aliphatic carbocycles. The molecular weight excluding hydrogens is 266 g/mol. The highest BCUT2D eigenvalue weighted by molar-refractivity contribution is 5.44. The van der Waals surface area contributed by atoms with Gasteiger partial charge in [0.1, 0.15) is 5.75 Å². The van der Waals surface area contributed by atoms with Gasteiger partial charge in [-0.1, -0.05) is 0 Å². The quantitative estimate of drug-likeness (QED) is 0.634. The van der Waals surface area contributed by atoms with E-state index in [1.54, 1.807) is 7.05 Å². The zero-order chi connectivity index (χ0) is 14.7. The van der Waals surface area contributed by atoms with Gasteiger partial charge in [-0.05, 0) is 18.2 Å². The molecule has 0 saturated carbocycles. The molecule has 0 spiro atoms. The van der Waals surface area contributed by atoms with E-state index in [9.17, 15) is 15.2 Å². The maximum Gasteiger partial charge on any atom is 0.270 e. The number of hydrogen-bond acceptors (Lipinski definition) is 7. The van der Waals surface area contributed by atoms with Crippen LogP contribution in [0.1, 0.15) is 24.4 Å². The first-order chi connectivity index (χ1) is 9.47. The zero-order valence-corrected chi connectivity index (χ0v) is 10.9. The van der Waals surface area contributed by atoms with E-state index in [1.807, 2.05) is 0 Å². The highest BCUT2D eigenvalue weighted by atomic mass is 16.6. The van der Waals surface area contributed by atoms with Crippen LogP contribution in [-0.2, 0) is 13.7 Å². The number of benzene rings is 1. The average Bonchev–Trinajstić information content (AvgIpc) is 2.81. The van der Waals surface area contributed by atoms with Crippen LogP contribution in [0.3, 0.4) is 0 Å². The van der Waals surface area contributed by atoms with E-state index < -0.39 is 11.0 Å². The lowest BCUT2D eigenvalue weighted by atomic mass is 10.1. The number of non-ortho nitro benzene ring substituents is 1. The number of rotatable bonds is 5. The summed E-state index contributed by atoms with van der Waals surface area (Å²) in [7, 11) is 1.63. The van der Waals surface area contributed by atoms with Crippen molar-refractivity contribution in [3.05, 3.63) is 39.7 Å². The summed E-state index contributed by atoms with van der Waals surface area (Å²) >= 11 is 0. The highest BCUT2D eigenvalue weighted by Gasteiger charge is 2.16. The molecule has 9 heteroatoms. The molecule has 0 saturated heterocycles. The van der Waals surface area contributed by atoms with E-state index in [1.165, 1.54) is 29.9 Å². The second kappa shape index (κ2) is 5.61. The summed E-state index contributed by atoms with van der Waals surface area (Å²) < 4.78 is 5.47. The molecule has 1 aromatic heterocycles. The molecule has 0 unspecified atom stereocenters. The fourth-order valence-electron chi connectivity index (χ4n) is 1.63. The number of nitrogens with zero attached hydrogens (tertiary/aromatic N) is 5. The predicted molar refractivity (Wildman–Crippen MR) is 66.9 cm³/mol. The van der Waals surface area contributed by atoms with Crippen LogP contribution in [0.25, 0.3) is 0 Å². The van der Waals surface area contributed by atoms with Gasteiger partial charge in [0.15, 0.2) is 6.61 Å². The third kappa shape index (κ3) is 3.06. The van der Waals surface area contributed by atoms with Crippen LogP contribution in [0.2, 0.25) is 0 Å². The maximum atomic E-state index is 10.7. The molecule has 0 aliphatic heterocycles. The number of nitro benzene ring substituents is 1. The number of ether oxygens (including phenoxy) is 1. The van der Waals surface area contributed by atoms with Crippen molar-refractivity contribution in [2.45, 2.75) is 19.6 Å². The summed E-state index contributed by atoms with van der Waals surface area (Å²) in [6.45, 7) is 1.57. The van der Waals surface area contributed by atoms with Crippen LogP contribution >= 0.6 is 0 Å². The Hall–Kier alpha value is -2.55. The second-order valence-corrected chi connectivity index (χ2v) is 4.14. The number of aromatic nitrogens is 4. The Morgan fingerprint density at radius 3 is 2.85 bits per heavy atom. The van der Waals surface area contributed by atoms with Crippen molar-refractivity contribution in [2.24, 2.45) is 7.05 Å². The first-order valence-electron chi connectivity index (χ1n) is 5.79. The largest absolute Gasteiger partial charge is 0.485 e. The van der Waals surface area contributed by atoms with Crippen molar-refractivity contribution in [1.82, 2.24) is 20.2 Å². The summed E-state index contributed by atoms with van der Waals surface area (Å²) in [6, 6.07) is 4.03. The van der Waals surface area contributed by atoms with Crippen molar-refractivity contribution in [3.63, 3.8) is 0 Å². The number of aryl methyl sites for hydroxylation is 1. The first-order valence-corrected chi connectivity index (χ1v) is 5.79. The van der Waals surface area contributed by atoms with Gasteiger partial charge < -0.3 is 9.84 Å². The van der Waals surface area contributed by atoms with Crippen LogP contribution in [0.4, 0.5) is 5.69 Å². The molecular formula is C11H13N5O4. The van der Waals surface area contributed by atoms with Crippen molar-refractivity contribution >= 4 is 5.69 Å². The summed E-state index contributed by atoms with van der Waals surface area (Å²) in [6.07, 6.45) is -0.889. The van der Waals surface area contributed by atoms with E-state index in [4.69, 9.17) is 4.74 Å². The third-order valence-corrected chi connectivity index (χ3v) is 2.56. The molecule has 0 amide bonds. The highest BCUT2D eigenvalue weighted by Crippen LogP contribution is 2.29. The molecule has 0 bridgehead atoms. The van der Waals surface area contributed by atoms with Gasteiger partial charge in [-0.3, -0.25) is 10.1 Å². The van der Waals surface area contributed by atoms with Crippen molar-refractivity contribution < 1.29 is 14.8 Å². The van der Waals surface area contributed by atoms with Crippen molar-refractivity contribution in [3.8, 4) is 5.75 Å². The lowest BCUT2D eigenvalue weighted by molar-refractivity contribution is -0.385. The van der Waals surface area contributed by atoms with Gasteiger partial charge in [-0.25, -0.2) is 0 Å². The second-order valence-electron chi connectivity index (χ2n) is 4.14. The molecule has 1 heterocycles. The van der Waals surface area contributed by atoms with Gasteiger partial charge in [0.25, 0.3) is 5.69 Å². The Morgan fingerprint density at radius 1 is 1.55 bits per heavy atom. The Kier molecular flexibility index (Phi) is 3.89. The van der Waals surface area contributed by atoms with Crippen LogP contribution in [0.15, 0.2) is 18.2 Å². The number of tetrazole rings is 1. The summed E-state index contributed by atoms with van der Waals surface area (Å²) in [4.78, 5) is 11.5. The Balaban J connectivity index is 2.20. The van der Waals surface area contributed by atoms with Gasteiger partial charge in [0.05, 0.1) is 18.1 Å². The normalized spacial score (nSPS) is 12.2. The van der Waals surface area contributed by atoms with Crippen LogP contribution < -0.4 is 4.74 Å². The van der Waals surface area contributed by atoms with Crippen LogP contribution in [0.5, 0.6) is 5.75 Å². The Bertz CT molecular complexity index is 625. The topological polar surface area (TPSA) is 116 Å². The zero-order valence-electron chi connectivity index (χ0n) is 10.9. The van der Waals surface area contributed by atoms with Crippen LogP contribution in [-0.4, -0.2) is 30.2 Å². The standard InChI is InChI=1S/C11H13N5O4/c1-7(17)9-5-8(16(18)19)3-4-10(9)20-6-11-12-14-15(2)13-11/h3-5,7,17H,6H2,1-2H3/t7-/m1/s1. The monoisotopic (exact) mass is 279 g/mol. The predicted octanol–water partition coefficient (Wildman–Crippen LogP) is 0.751. The van der Waals surface area contributed by atoms with Gasteiger partial charge in [-0.15, -0.1) is 10.2 Å². The summed E-state index contributed by atoms with van der Waals surface area (Å²) in [5, 5.41) is 31.7. The molecule has 2 rings (SSSR count). The van der Waals surface area contributed by atoms with Crippen molar-refractivity contribution in [2.75, 3.05) is 0 Å². The molecule has 106 valence electrons. The molecule has 20 heavy (non-hydrogen) atoms. The lowest BCUT2D eigenvalue weighted by Crippen LogP contribution is -2.03. The van der Waals surface area contributed by atoms with E-state index in [0.717, 1.165) is 0 Å². The number of aliphatic hydroxyl groups excluding tert-OH is 1. The lowest BCUT2D eigenvalue weighted by Gasteiger charge is -2.12. The van der Waals surface area contributed by atoms with E-state index in [0.29, 0.717) is 17.1 Å². The molecule has 1 atom stereocenters. The Labute approximate surface area is 113 Å². The summed E-state index contributed by atoms with van der Waals surface area (Å²) in [5.74, 6) is 0.723. The SMILES string of the molecule is C[C@@H](O)c1cc([N+](=O)[O-])ccc1OCc1nnn(C)n1. The van der Waals surface area contributed by atoms with Gasteiger partial charge in [0.2, 0.25) is 5.82 Å². The fourth-order valence-corrected chi connectivity index (χ4v) is 1.63.